The third-order valence-electron chi connectivity index (χ3n) is 1.23. The van der Waals surface area contributed by atoms with Crippen molar-refractivity contribution in [2.24, 2.45) is 0 Å². The number of hydrogen-bond donors (Lipinski definition) is 0. The van der Waals surface area contributed by atoms with Crippen molar-refractivity contribution in [2.75, 3.05) is 0 Å². The first kappa shape index (κ1) is 9.00. The molecule has 54 valence electrons. The van der Waals surface area contributed by atoms with Gasteiger partial charge in [0.2, 0.25) is 0 Å². The van der Waals surface area contributed by atoms with Gasteiger partial charge in [0.1, 0.15) is 0 Å². The summed E-state index contributed by atoms with van der Waals surface area (Å²) < 4.78 is 3.53. The summed E-state index contributed by atoms with van der Waals surface area (Å²) in [6.45, 7) is 2.10. The number of benzene rings is 1. The third-order valence-corrected chi connectivity index (χ3v) is 5.38. The minimum atomic E-state index is 1.11. The van der Waals surface area contributed by atoms with Crippen LogP contribution in [0.25, 0.3) is 0 Å². The van der Waals surface area contributed by atoms with Gasteiger partial charge in [0.05, 0.1) is 0 Å². The predicted molar refractivity (Wildman–Crippen MR) is 59.3 cm³/mol. The molecule has 0 radical (unpaired) electrons. The second-order valence-corrected chi connectivity index (χ2v) is 4.72. The highest BCUT2D eigenvalue weighted by molar-refractivity contribution is 14.1. The van der Waals surface area contributed by atoms with Crippen LogP contribution in [0.15, 0.2) is 21.1 Å². The molecule has 0 aliphatic rings. The smallest absolute Gasteiger partial charge is 0.0453 e. The molecule has 0 nitrogen and oxygen atoms in total. The Morgan fingerprint density at radius 2 is 1.90 bits per heavy atom. The summed E-state index contributed by atoms with van der Waals surface area (Å²) in [7, 11) is 0. The Kier molecular flexibility index (Phi) is 3.19. The summed E-state index contributed by atoms with van der Waals surface area (Å²) in [6, 6.07) is 4.14. The monoisotopic (exact) mass is 374 g/mol. The second kappa shape index (κ2) is 3.54. The van der Waals surface area contributed by atoms with Crippen molar-refractivity contribution >= 4 is 54.5 Å². The maximum absolute atomic E-state index is 3.48. The van der Waals surface area contributed by atoms with E-state index in [0.717, 1.165) is 8.95 Å². The third kappa shape index (κ3) is 1.74. The van der Waals surface area contributed by atoms with Crippen LogP contribution in [-0.2, 0) is 0 Å². The number of rotatable bonds is 0. The van der Waals surface area contributed by atoms with E-state index in [0.29, 0.717) is 0 Å². The van der Waals surface area contributed by atoms with E-state index >= 15 is 0 Å². The quantitative estimate of drug-likeness (QED) is 0.472. The Morgan fingerprint density at radius 3 is 2.40 bits per heavy atom. The van der Waals surface area contributed by atoms with Crippen molar-refractivity contribution in [3.63, 3.8) is 0 Å². The van der Waals surface area contributed by atoms with Gasteiger partial charge in [-0.15, -0.1) is 0 Å². The maximum Gasteiger partial charge on any atom is 0.0453 e. The fourth-order valence-electron chi connectivity index (χ4n) is 0.622. The Bertz CT molecular complexity index is 231. The summed E-state index contributed by atoms with van der Waals surface area (Å²) >= 11 is 9.22. The van der Waals surface area contributed by atoms with Crippen LogP contribution in [0.1, 0.15) is 5.56 Å². The molecule has 3 heteroatoms. The Hall–Kier alpha value is 0.910. The van der Waals surface area contributed by atoms with Gasteiger partial charge < -0.3 is 0 Å². The highest BCUT2D eigenvalue weighted by Gasteiger charge is 2.02. The summed E-state index contributed by atoms with van der Waals surface area (Å²) in [6.07, 6.45) is 0. The van der Waals surface area contributed by atoms with Crippen LogP contribution in [0.4, 0.5) is 0 Å². The number of halogens is 3. The van der Waals surface area contributed by atoms with Crippen LogP contribution >= 0.6 is 54.5 Å². The Labute approximate surface area is 90.8 Å². The largest absolute Gasteiger partial charge is 0.0571 e. The van der Waals surface area contributed by atoms with Gasteiger partial charge in [-0.05, 0) is 73.0 Å². The standard InChI is InChI=1S/C7H5Br2I/c1-4-2-3-5(8)6(9)7(4)10/h2-3H,1H3. The van der Waals surface area contributed by atoms with Crippen LogP contribution < -0.4 is 0 Å². The molecule has 10 heavy (non-hydrogen) atoms. The molecule has 1 rings (SSSR count). The SMILES string of the molecule is Cc1ccc(Br)c(Br)c1I. The molecule has 0 spiro atoms. The van der Waals surface area contributed by atoms with E-state index in [1.165, 1.54) is 9.13 Å². The summed E-state index contributed by atoms with van der Waals surface area (Å²) in [5.41, 5.74) is 1.30. The topological polar surface area (TPSA) is 0 Å². The van der Waals surface area contributed by atoms with Crippen molar-refractivity contribution in [2.45, 2.75) is 6.92 Å². The van der Waals surface area contributed by atoms with Crippen molar-refractivity contribution in [1.29, 1.82) is 0 Å². The van der Waals surface area contributed by atoms with Gasteiger partial charge in [-0.2, -0.15) is 0 Å². The molecule has 0 unspecified atom stereocenters. The lowest BCUT2D eigenvalue weighted by Gasteiger charge is -2.01. The van der Waals surface area contributed by atoms with Gasteiger partial charge in [-0.3, -0.25) is 0 Å². The highest BCUT2D eigenvalue weighted by atomic mass is 127. The first-order valence-electron chi connectivity index (χ1n) is 2.73. The molecular formula is C7H5Br2I. The average Bonchev–Trinajstić information content (AvgIpc) is 1.93. The van der Waals surface area contributed by atoms with Gasteiger partial charge >= 0.3 is 0 Å². The summed E-state index contributed by atoms with van der Waals surface area (Å²) in [4.78, 5) is 0. The predicted octanol–water partition coefficient (Wildman–Crippen LogP) is 4.12. The molecule has 0 atom stereocenters. The van der Waals surface area contributed by atoms with Gasteiger partial charge in [0.15, 0.2) is 0 Å². The van der Waals surface area contributed by atoms with E-state index in [4.69, 9.17) is 0 Å². The van der Waals surface area contributed by atoms with Crippen LogP contribution in [-0.4, -0.2) is 0 Å². The zero-order valence-electron chi connectivity index (χ0n) is 5.29. The zero-order valence-corrected chi connectivity index (χ0v) is 10.6. The van der Waals surface area contributed by atoms with Crippen molar-refractivity contribution in [3.05, 3.63) is 30.2 Å². The number of aryl methyl sites for hydroxylation is 1. The lowest BCUT2D eigenvalue weighted by atomic mass is 10.2. The van der Waals surface area contributed by atoms with Crippen LogP contribution in [0.2, 0.25) is 0 Å². The molecule has 0 saturated carbocycles. The van der Waals surface area contributed by atoms with Gasteiger partial charge in [-0.25, -0.2) is 0 Å². The van der Waals surface area contributed by atoms with Gasteiger partial charge in [-0.1, -0.05) is 6.07 Å². The molecule has 0 aliphatic heterocycles. The second-order valence-electron chi connectivity index (χ2n) is 1.99. The highest BCUT2D eigenvalue weighted by Crippen LogP contribution is 2.29. The van der Waals surface area contributed by atoms with Crippen molar-refractivity contribution in [3.8, 4) is 0 Å². The molecular weight excluding hydrogens is 371 g/mol. The molecule has 0 aromatic heterocycles. The molecule has 1 aromatic carbocycles. The molecule has 0 saturated heterocycles. The molecule has 0 aliphatic carbocycles. The van der Waals surface area contributed by atoms with E-state index in [1.807, 2.05) is 6.07 Å². The van der Waals surface area contributed by atoms with Crippen molar-refractivity contribution < 1.29 is 0 Å². The van der Waals surface area contributed by atoms with Crippen LogP contribution in [0.3, 0.4) is 0 Å². The summed E-state index contributed by atoms with van der Waals surface area (Å²) in [5.74, 6) is 0. The molecule has 0 fully saturated rings. The molecule has 0 amide bonds. The lowest BCUT2D eigenvalue weighted by Crippen LogP contribution is -1.81. The molecule has 0 heterocycles. The normalized spacial score (nSPS) is 10.0. The van der Waals surface area contributed by atoms with E-state index in [1.54, 1.807) is 0 Å². The summed E-state index contributed by atoms with van der Waals surface area (Å²) in [5, 5.41) is 0. The van der Waals surface area contributed by atoms with Gasteiger partial charge in [0, 0.05) is 12.5 Å². The number of hydrogen-bond acceptors (Lipinski definition) is 0. The maximum atomic E-state index is 3.48. The molecule has 0 N–H and O–H groups in total. The van der Waals surface area contributed by atoms with Crippen molar-refractivity contribution in [1.82, 2.24) is 0 Å². The first-order valence-corrected chi connectivity index (χ1v) is 5.39. The first-order chi connectivity index (χ1) is 4.63. The lowest BCUT2D eigenvalue weighted by molar-refractivity contribution is 1.38. The molecule has 0 bridgehead atoms. The Balaban J connectivity index is 3.34. The van der Waals surface area contributed by atoms with E-state index in [2.05, 4.69) is 67.4 Å². The fourth-order valence-corrected chi connectivity index (χ4v) is 2.24. The van der Waals surface area contributed by atoms with Gasteiger partial charge in [0.25, 0.3) is 0 Å². The van der Waals surface area contributed by atoms with E-state index < -0.39 is 0 Å². The fraction of sp³-hybridized carbons (Fsp3) is 0.143. The van der Waals surface area contributed by atoms with E-state index in [-0.39, 0.29) is 0 Å². The van der Waals surface area contributed by atoms with E-state index in [9.17, 15) is 0 Å². The zero-order chi connectivity index (χ0) is 7.72. The minimum Gasteiger partial charge on any atom is -0.0571 e. The minimum absolute atomic E-state index is 1.11. The average molecular weight is 376 g/mol. The molecule has 1 aromatic rings. The van der Waals surface area contributed by atoms with Crippen LogP contribution in [0.5, 0.6) is 0 Å². The van der Waals surface area contributed by atoms with Crippen LogP contribution in [0, 0.1) is 10.5 Å². The Morgan fingerprint density at radius 1 is 1.30 bits per heavy atom.